The van der Waals surface area contributed by atoms with Gasteiger partial charge in [-0.1, -0.05) is 11.6 Å². The minimum atomic E-state index is 0.675. The molecule has 0 aliphatic rings. The monoisotopic (exact) mass is 320 g/mol. The summed E-state index contributed by atoms with van der Waals surface area (Å²) in [6, 6.07) is 5.67. The molecule has 0 spiro atoms. The smallest absolute Gasteiger partial charge is 0.143 e. The Bertz CT molecular complexity index is 644. The molecule has 22 heavy (non-hydrogen) atoms. The number of rotatable bonds is 6. The van der Waals surface area contributed by atoms with Crippen LogP contribution in [0, 0.1) is 6.92 Å². The zero-order valence-electron chi connectivity index (χ0n) is 13.4. The highest BCUT2D eigenvalue weighted by Gasteiger charge is 2.10. The van der Waals surface area contributed by atoms with E-state index in [2.05, 4.69) is 34.0 Å². The van der Waals surface area contributed by atoms with E-state index in [9.17, 15) is 0 Å². The summed E-state index contributed by atoms with van der Waals surface area (Å²) in [5, 5.41) is 3.95. The van der Waals surface area contributed by atoms with Gasteiger partial charge in [0.15, 0.2) is 0 Å². The first-order chi connectivity index (χ1) is 10.6. The van der Waals surface area contributed by atoms with E-state index in [1.807, 2.05) is 19.1 Å². The van der Waals surface area contributed by atoms with Crippen molar-refractivity contribution in [2.75, 3.05) is 30.4 Å². The molecule has 0 saturated heterocycles. The number of aryl methyl sites for hydroxylation is 1. The van der Waals surface area contributed by atoms with Crippen LogP contribution >= 0.6 is 11.6 Å². The van der Waals surface area contributed by atoms with Crippen molar-refractivity contribution in [3.8, 4) is 5.75 Å². The van der Waals surface area contributed by atoms with Crippen LogP contribution in [0.3, 0.4) is 0 Å². The van der Waals surface area contributed by atoms with Gasteiger partial charge in [0.2, 0.25) is 0 Å². The summed E-state index contributed by atoms with van der Waals surface area (Å²) >= 11 is 6.13. The van der Waals surface area contributed by atoms with Gasteiger partial charge >= 0.3 is 0 Å². The first kappa shape index (κ1) is 16.4. The van der Waals surface area contributed by atoms with Crippen molar-refractivity contribution in [3.63, 3.8) is 0 Å². The molecule has 0 aliphatic carbocycles. The van der Waals surface area contributed by atoms with Gasteiger partial charge in [-0.25, -0.2) is 9.97 Å². The van der Waals surface area contributed by atoms with Gasteiger partial charge in [0, 0.05) is 30.2 Å². The number of methoxy groups -OCH3 is 1. The molecule has 1 heterocycles. The first-order valence-corrected chi connectivity index (χ1v) is 7.65. The van der Waals surface area contributed by atoms with Crippen molar-refractivity contribution in [1.29, 1.82) is 0 Å². The zero-order valence-corrected chi connectivity index (χ0v) is 14.1. The summed E-state index contributed by atoms with van der Waals surface area (Å²) in [7, 11) is 1.62. The maximum atomic E-state index is 6.13. The molecule has 0 fully saturated rings. The average Bonchev–Trinajstić information content (AvgIpc) is 2.52. The molecule has 1 N–H and O–H groups in total. The topological polar surface area (TPSA) is 50.3 Å². The number of anilines is 3. The lowest BCUT2D eigenvalue weighted by Crippen LogP contribution is -2.23. The number of nitrogens with one attached hydrogen (secondary N) is 1. The number of aromatic nitrogens is 2. The predicted molar refractivity (Wildman–Crippen MR) is 91.6 cm³/mol. The highest BCUT2D eigenvalue weighted by molar-refractivity contribution is 6.31. The lowest BCUT2D eigenvalue weighted by Gasteiger charge is -2.20. The number of benzene rings is 1. The second-order valence-electron chi connectivity index (χ2n) is 4.86. The highest BCUT2D eigenvalue weighted by Crippen LogP contribution is 2.32. The first-order valence-electron chi connectivity index (χ1n) is 7.27. The maximum absolute atomic E-state index is 6.13. The lowest BCUT2D eigenvalue weighted by atomic mass is 10.2. The van der Waals surface area contributed by atoms with Crippen molar-refractivity contribution in [2.45, 2.75) is 20.8 Å². The summed E-state index contributed by atoms with van der Waals surface area (Å²) in [6.07, 6.45) is 1.56. The summed E-state index contributed by atoms with van der Waals surface area (Å²) in [6.45, 7) is 7.95. The van der Waals surface area contributed by atoms with Gasteiger partial charge in [-0.2, -0.15) is 0 Å². The standard InChI is InChI=1S/C16H21ClN4O/c1-5-21(6-2)16-9-15(18-10-19-16)20-13-7-11(3)12(17)8-14(13)22-4/h7-10H,5-6H2,1-4H3,(H,18,19,20). The fourth-order valence-electron chi connectivity index (χ4n) is 2.20. The van der Waals surface area contributed by atoms with Crippen LogP contribution in [0.5, 0.6) is 5.75 Å². The average molecular weight is 321 g/mol. The third-order valence-corrected chi connectivity index (χ3v) is 3.89. The molecule has 0 unspecified atom stereocenters. The number of hydrogen-bond acceptors (Lipinski definition) is 5. The van der Waals surface area contributed by atoms with Crippen molar-refractivity contribution in [3.05, 3.63) is 35.1 Å². The Morgan fingerprint density at radius 1 is 1.18 bits per heavy atom. The normalized spacial score (nSPS) is 10.4. The van der Waals surface area contributed by atoms with Crippen LogP contribution in [0.25, 0.3) is 0 Å². The summed E-state index contributed by atoms with van der Waals surface area (Å²) in [5.74, 6) is 2.29. The summed E-state index contributed by atoms with van der Waals surface area (Å²) < 4.78 is 5.37. The molecule has 2 rings (SSSR count). The molecule has 0 amide bonds. The zero-order chi connectivity index (χ0) is 16.1. The second kappa shape index (κ2) is 7.31. The molecule has 0 atom stereocenters. The molecule has 5 nitrogen and oxygen atoms in total. The third kappa shape index (κ3) is 3.60. The summed E-state index contributed by atoms with van der Waals surface area (Å²) in [5.41, 5.74) is 1.80. The Hall–Kier alpha value is -2.01. The van der Waals surface area contributed by atoms with Crippen LogP contribution in [0.2, 0.25) is 5.02 Å². The van der Waals surface area contributed by atoms with E-state index in [1.165, 1.54) is 0 Å². The van der Waals surface area contributed by atoms with Crippen molar-refractivity contribution in [2.24, 2.45) is 0 Å². The minimum absolute atomic E-state index is 0.675. The minimum Gasteiger partial charge on any atom is -0.495 e. The molecule has 1 aromatic carbocycles. The molecule has 118 valence electrons. The van der Waals surface area contributed by atoms with E-state index in [4.69, 9.17) is 16.3 Å². The van der Waals surface area contributed by atoms with E-state index >= 15 is 0 Å². The Labute approximate surface area is 136 Å². The molecule has 6 heteroatoms. The molecule has 0 bridgehead atoms. The van der Waals surface area contributed by atoms with Gasteiger partial charge in [0.05, 0.1) is 12.8 Å². The van der Waals surface area contributed by atoms with E-state index in [-0.39, 0.29) is 0 Å². The van der Waals surface area contributed by atoms with E-state index in [0.29, 0.717) is 10.8 Å². The summed E-state index contributed by atoms with van der Waals surface area (Å²) in [4.78, 5) is 10.8. The lowest BCUT2D eigenvalue weighted by molar-refractivity contribution is 0.416. The van der Waals surface area contributed by atoms with Crippen LogP contribution in [0.15, 0.2) is 24.5 Å². The van der Waals surface area contributed by atoms with Crippen LogP contribution in [-0.2, 0) is 0 Å². The van der Waals surface area contributed by atoms with Gasteiger partial charge in [0.25, 0.3) is 0 Å². The van der Waals surface area contributed by atoms with Crippen LogP contribution in [-0.4, -0.2) is 30.2 Å². The molecule has 2 aromatic rings. The fraction of sp³-hybridized carbons (Fsp3) is 0.375. The molecular weight excluding hydrogens is 300 g/mol. The number of hydrogen-bond donors (Lipinski definition) is 1. The van der Waals surface area contributed by atoms with Gasteiger partial charge in [-0.05, 0) is 32.4 Å². The van der Waals surface area contributed by atoms with Crippen molar-refractivity contribution >= 4 is 28.9 Å². The molecule has 0 saturated carbocycles. The molecule has 1 aromatic heterocycles. The van der Waals surface area contributed by atoms with Gasteiger partial charge in [-0.3, -0.25) is 0 Å². The van der Waals surface area contributed by atoms with Crippen molar-refractivity contribution in [1.82, 2.24) is 9.97 Å². The van der Waals surface area contributed by atoms with E-state index in [1.54, 1.807) is 19.5 Å². The Morgan fingerprint density at radius 3 is 2.55 bits per heavy atom. The van der Waals surface area contributed by atoms with E-state index < -0.39 is 0 Å². The SMILES string of the molecule is CCN(CC)c1cc(Nc2cc(C)c(Cl)cc2OC)ncn1. The molecular formula is C16H21ClN4O. The van der Waals surface area contributed by atoms with Gasteiger partial charge < -0.3 is 15.0 Å². The molecule has 0 radical (unpaired) electrons. The second-order valence-corrected chi connectivity index (χ2v) is 5.27. The maximum Gasteiger partial charge on any atom is 0.143 e. The largest absolute Gasteiger partial charge is 0.495 e. The Kier molecular flexibility index (Phi) is 5.44. The quantitative estimate of drug-likeness (QED) is 0.870. The number of nitrogens with zero attached hydrogens (tertiary/aromatic N) is 3. The third-order valence-electron chi connectivity index (χ3n) is 3.48. The van der Waals surface area contributed by atoms with E-state index in [0.717, 1.165) is 36.0 Å². The number of ether oxygens (including phenoxy) is 1. The Balaban J connectivity index is 2.31. The predicted octanol–water partition coefficient (Wildman–Crippen LogP) is 4.04. The van der Waals surface area contributed by atoms with Crippen LogP contribution in [0.1, 0.15) is 19.4 Å². The van der Waals surface area contributed by atoms with Crippen LogP contribution in [0.4, 0.5) is 17.3 Å². The van der Waals surface area contributed by atoms with Crippen LogP contribution < -0.4 is 15.0 Å². The van der Waals surface area contributed by atoms with Gasteiger partial charge in [-0.15, -0.1) is 0 Å². The van der Waals surface area contributed by atoms with Gasteiger partial charge in [0.1, 0.15) is 23.7 Å². The van der Waals surface area contributed by atoms with Crippen molar-refractivity contribution < 1.29 is 4.74 Å². The Morgan fingerprint density at radius 2 is 1.91 bits per heavy atom. The number of halogens is 1. The molecule has 0 aliphatic heterocycles. The highest BCUT2D eigenvalue weighted by atomic mass is 35.5. The fourth-order valence-corrected chi connectivity index (χ4v) is 2.36.